The highest BCUT2D eigenvalue weighted by Gasteiger charge is 2.41. The molecule has 1 aliphatic heterocycles. The van der Waals surface area contributed by atoms with Crippen molar-refractivity contribution in [2.24, 2.45) is 0 Å². The first-order valence-corrected chi connectivity index (χ1v) is 11.7. The highest BCUT2D eigenvalue weighted by Crippen LogP contribution is 2.34. The van der Waals surface area contributed by atoms with Gasteiger partial charge in [0, 0.05) is 47.5 Å². The number of aromatic nitrogens is 2. The second kappa shape index (κ2) is 7.23. The summed E-state index contributed by atoms with van der Waals surface area (Å²) in [5.41, 5.74) is 1.78. The van der Waals surface area contributed by atoms with E-state index in [4.69, 9.17) is 11.6 Å². The third-order valence-electron chi connectivity index (χ3n) is 5.63. The zero-order valence-electron chi connectivity index (χ0n) is 15.8. The molecule has 2 aromatic carbocycles. The molecule has 2 heterocycles. The number of hydrogen-bond donors (Lipinski definition) is 0. The van der Waals surface area contributed by atoms with Crippen LogP contribution in [0, 0.1) is 0 Å². The largest absolute Gasteiger partial charge is 0.352 e. The van der Waals surface area contributed by atoms with Gasteiger partial charge >= 0.3 is 0 Å². The molecule has 0 N–H and O–H groups in total. The van der Waals surface area contributed by atoms with E-state index in [-0.39, 0.29) is 5.25 Å². The van der Waals surface area contributed by atoms with Gasteiger partial charge in [0.1, 0.15) is 5.69 Å². The van der Waals surface area contributed by atoms with Crippen LogP contribution in [0.2, 0.25) is 5.02 Å². The Hall–Kier alpha value is -2.22. The summed E-state index contributed by atoms with van der Waals surface area (Å²) in [7, 11) is -3.12. The van der Waals surface area contributed by atoms with Crippen LogP contribution in [0.1, 0.15) is 12.8 Å². The quantitative estimate of drug-likeness (QED) is 0.635. The van der Waals surface area contributed by atoms with Crippen LogP contribution in [-0.2, 0) is 10.0 Å². The monoisotopic (exact) mass is 428 g/mol. The van der Waals surface area contributed by atoms with E-state index in [1.807, 2.05) is 48.5 Å². The summed E-state index contributed by atoms with van der Waals surface area (Å²) in [5.74, 6) is 0.807. The fraction of sp³-hybridized carbons (Fsp3) is 0.333. The standard InChI is InChI=1S/C21H21ClN4O2S/c22-16-7-5-15(6-8-16)20-18-3-1-2-4-19(18)21(24-23-20)25-11-13-26(14-12-25)29(27,28)17-9-10-17/h1-8,17H,9-14H2. The number of hydrogen-bond acceptors (Lipinski definition) is 5. The van der Waals surface area contributed by atoms with Crippen molar-refractivity contribution in [3.63, 3.8) is 0 Å². The first-order chi connectivity index (χ1) is 14.0. The van der Waals surface area contributed by atoms with Crippen molar-refractivity contribution in [1.29, 1.82) is 0 Å². The third kappa shape index (κ3) is 3.47. The molecule has 150 valence electrons. The minimum atomic E-state index is -3.12. The maximum absolute atomic E-state index is 12.5. The number of rotatable bonds is 4. The van der Waals surface area contributed by atoms with E-state index in [1.54, 1.807) is 4.31 Å². The third-order valence-corrected chi connectivity index (χ3v) is 8.28. The minimum Gasteiger partial charge on any atom is -0.352 e. The van der Waals surface area contributed by atoms with Crippen molar-refractivity contribution in [3.8, 4) is 11.3 Å². The van der Waals surface area contributed by atoms with Gasteiger partial charge in [-0.2, -0.15) is 4.31 Å². The minimum absolute atomic E-state index is 0.159. The summed E-state index contributed by atoms with van der Waals surface area (Å²) < 4.78 is 26.6. The highest BCUT2D eigenvalue weighted by molar-refractivity contribution is 7.90. The van der Waals surface area contributed by atoms with Crippen molar-refractivity contribution in [2.75, 3.05) is 31.1 Å². The second-order valence-corrected chi connectivity index (χ2v) is 10.2. The summed E-state index contributed by atoms with van der Waals surface area (Å²) in [6.07, 6.45) is 1.59. The molecule has 2 aliphatic rings. The van der Waals surface area contributed by atoms with Crippen LogP contribution in [0.5, 0.6) is 0 Å². The van der Waals surface area contributed by atoms with Gasteiger partial charge in [-0.1, -0.05) is 48.0 Å². The average molecular weight is 429 g/mol. The summed E-state index contributed by atoms with van der Waals surface area (Å²) in [6, 6.07) is 15.7. The van der Waals surface area contributed by atoms with Crippen LogP contribution in [0.3, 0.4) is 0 Å². The molecule has 1 aliphatic carbocycles. The summed E-state index contributed by atoms with van der Waals surface area (Å²) in [6.45, 7) is 2.22. The molecule has 2 fully saturated rings. The molecule has 3 aromatic rings. The Morgan fingerprint density at radius 1 is 0.862 bits per heavy atom. The molecular weight excluding hydrogens is 408 g/mol. The van der Waals surface area contributed by atoms with Crippen LogP contribution in [0.15, 0.2) is 48.5 Å². The molecule has 0 bridgehead atoms. The topological polar surface area (TPSA) is 66.4 Å². The number of fused-ring (bicyclic) bond motifs is 1. The first-order valence-electron chi connectivity index (χ1n) is 9.79. The zero-order valence-corrected chi connectivity index (χ0v) is 17.4. The van der Waals surface area contributed by atoms with Gasteiger partial charge in [-0.05, 0) is 25.0 Å². The summed E-state index contributed by atoms with van der Waals surface area (Å²) >= 11 is 6.02. The Balaban J connectivity index is 1.46. The van der Waals surface area contributed by atoms with Crippen molar-refractivity contribution in [1.82, 2.24) is 14.5 Å². The SMILES string of the molecule is O=S(=O)(C1CC1)N1CCN(c2nnc(-c3ccc(Cl)cc3)c3ccccc23)CC1. The zero-order chi connectivity index (χ0) is 20.0. The van der Waals surface area contributed by atoms with Crippen LogP contribution in [0.25, 0.3) is 22.0 Å². The van der Waals surface area contributed by atoms with Crippen molar-refractivity contribution in [3.05, 3.63) is 53.6 Å². The lowest BCUT2D eigenvalue weighted by molar-refractivity contribution is 0.383. The maximum Gasteiger partial charge on any atom is 0.217 e. The fourth-order valence-corrected chi connectivity index (χ4v) is 5.83. The van der Waals surface area contributed by atoms with Crippen molar-refractivity contribution < 1.29 is 8.42 Å². The second-order valence-electron chi connectivity index (χ2n) is 7.56. The molecule has 5 rings (SSSR count). The lowest BCUT2D eigenvalue weighted by Crippen LogP contribution is -2.49. The first kappa shape index (κ1) is 18.8. The van der Waals surface area contributed by atoms with E-state index >= 15 is 0 Å². The van der Waals surface area contributed by atoms with E-state index in [1.165, 1.54) is 0 Å². The fourth-order valence-electron chi connectivity index (χ4n) is 3.88. The van der Waals surface area contributed by atoms with Crippen molar-refractivity contribution >= 4 is 38.2 Å². The smallest absolute Gasteiger partial charge is 0.217 e. The van der Waals surface area contributed by atoms with Crippen molar-refractivity contribution in [2.45, 2.75) is 18.1 Å². The molecule has 6 nitrogen and oxygen atoms in total. The summed E-state index contributed by atoms with van der Waals surface area (Å²) in [4.78, 5) is 2.14. The van der Waals surface area contributed by atoms with Crippen LogP contribution >= 0.6 is 11.6 Å². The molecule has 0 spiro atoms. The predicted octanol–water partition coefficient (Wildman–Crippen LogP) is 3.56. The number of sulfonamides is 1. The molecule has 0 unspecified atom stereocenters. The van der Waals surface area contributed by atoms with Gasteiger partial charge in [0.2, 0.25) is 10.0 Å². The molecule has 8 heteroatoms. The Kier molecular flexibility index (Phi) is 4.69. The molecule has 1 saturated heterocycles. The lowest BCUT2D eigenvalue weighted by atomic mass is 10.0. The Morgan fingerprint density at radius 2 is 1.52 bits per heavy atom. The van der Waals surface area contributed by atoms with Gasteiger partial charge in [0.25, 0.3) is 0 Å². The van der Waals surface area contributed by atoms with E-state index < -0.39 is 10.0 Å². The molecule has 1 saturated carbocycles. The molecular formula is C21H21ClN4O2S. The molecule has 0 amide bonds. The highest BCUT2D eigenvalue weighted by atomic mass is 35.5. The van der Waals surface area contributed by atoms with Crippen LogP contribution in [0.4, 0.5) is 5.82 Å². The number of anilines is 1. The normalized spacial score (nSPS) is 18.3. The number of benzene rings is 2. The molecule has 0 radical (unpaired) electrons. The van der Waals surface area contributed by atoms with Crippen LogP contribution in [-0.4, -0.2) is 54.3 Å². The number of halogens is 1. The van der Waals surface area contributed by atoms with Gasteiger partial charge in [-0.25, -0.2) is 8.42 Å². The van der Waals surface area contributed by atoms with E-state index in [9.17, 15) is 8.42 Å². The molecule has 29 heavy (non-hydrogen) atoms. The maximum atomic E-state index is 12.5. The van der Waals surface area contributed by atoms with Gasteiger partial charge in [-0.3, -0.25) is 0 Å². The van der Waals surface area contributed by atoms with Gasteiger partial charge in [0.15, 0.2) is 5.82 Å². The Labute approximate surface area is 175 Å². The van der Waals surface area contributed by atoms with E-state index in [0.717, 1.165) is 40.7 Å². The van der Waals surface area contributed by atoms with E-state index in [2.05, 4.69) is 15.1 Å². The van der Waals surface area contributed by atoms with Gasteiger partial charge in [0.05, 0.1) is 5.25 Å². The van der Waals surface area contributed by atoms with Gasteiger partial charge in [-0.15, -0.1) is 10.2 Å². The lowest BCUT2D eigenvalue weighted by Gasteiger charge is -2.35. The Bertz CT molecular complexity index is 1160. The summed E-state index contributed by atoms with van der Waals surface area (Å²) in [5, 5.41) is 11.6. The van der Waals surface area contributed by atoms with Crippen LogP contribution < -0.4 is 4.90 Å². The molecule has 1 aromatic heterocycles. The number of piperazine rings is 1. The molecule has 0 atom stereocenters. The number of nitrogens with zero attached hydrogens (tertiary/aromatic N) is 4. The Morgan fingerprint density at radius 3 is 2.17 bits per heavy atom. The predicted molar refractivity (Wildman–Crippen MR) is 116 cm³/mol. The van der Waals surface area contributed by atoms with E-state index in [0.29, 0.717) is 31.2 Å². The van der Waals surface area contributed by atoms with Gasteiger partial charge < -0.3 is 4.90 Å². The average Bonchev–Trinajstić information content (AvgIpc) is 3.60.